The summed E-state index contributed by atoms with van der Waals surface area (Å²) in [5, 5.41) is 15.2. The topological polar surface area (TPSA) is 95.3 Å². The number of methoxy groups -OCH3 is 1. The third kappa shape index (κ3) is 7.61. The summed E-state index contributed by atoms with van der Waals surface area (Å²) in [7, 11) is 1.34. The number of carbonyl (C=O) groups is 2. The summed E-state index contributed by atoms with van der Waals surface area (Å²) < 4.78 is 12.9. The molecule has 0 radical (unpaired) electrons. The molecule has 11 heteroatoms. The Morgan fingerprint density at radius 3 is 2.67 bits per heavy atom. The zero-order valence-electron chi connectivity index (χ0n) is 24.0. The number of hydrogen-bond donors (Lipinski definition) is 1. The fourth-order valence-corrected chi connectivity index (χ4v) is 6.34. The molecule has 2 heterocycles. The molecule has 2 aromatic heterocycles. The Hall–Kier alpha value is -3.60. The van der Waals surface area contributed by atoms with Crippen molar-refractivity contribution in [3.63, 3.8) is 0 Å². The zero-order valence-corrected chi connectivity index (χ0v) is 26.4. The van der Waals surface area contributed by atoms with Gasteiger partial charge in [0, 0.05) is 28.9 Å². The SMILES string of the molecule is C=CCn1c(CCCOc2ccc(Cl)cc2C)nnc1SCC(=O)Nc1scc(-c2cc(C)ccc2C)c1C(=O)OC. The van der Waals surface area contributed by atoms with E-state index in [1.165, 1.54) is 30.2 Å². The number of hydrogen-bond acceptors (Lipinski definition) is 8. The molecule has 0 aliphatic heterocycles. The molecule has 42 heavy (non-hydrogen) atoms. The van der Waals surface area contributed by atoms with E-state index in [9.17, 15) is 9.59 Å². The van der Waals surface area contributed by atoms with Crippen LogP contribution in [0.4, 0.5) is 5.00 Å². The first kappa shape index (κ1) is 31.3. The third-order valence-corrected chi connectivity index (χ3v) is 8.59. The molecule has 0 bridgehead atoms. The average Bonchev–Trinajstić information content (AvgIpc) is 3.55. The quantitative estimate of drug-likeness (QED) is 0.0722. The molecule has 0 aliphatic rings. The van der Waals surface area contributed by atoms with Crippen LogP contribution in [-0.2, 0) is 22.5 Å². The Morgan fingerprint density at radius 1 is 1.12 bits per heavy atom. The second kappa shape index (κ2) is 14.5. The van der Waals surface area contributed by atoms with Crippen LogP contribution >= 0.6 is 34.7 Å². The maximum atomic E-state index is 13.0. The lowest BCUT2D eigenvalue weighted by Gasteiger charge is -2.11. The highest BCUT2D eigenvalue weighted by Crippen LogP contribution is 2.38. The summed E-state index contributed by atoms with van der Waals surface area (Å²) in [5.41, 5.74) is 5.11. The van der Waals surface area contributed by atoms with E-state index >= 15 is 0 Å². The molecule has 220 valence electrons. The van der Waals surface area contributed by atoms with Gasteiger partial charge in [-0.2, -0.15) is 0 Å². The van der Waals surface area contributed by atoms with Crippen molar-refractivity contribution in [2.75, 3.05) is 24.8 Å². The molecule has 1 N–H and O–H groups in total. The lowest BCUT2D eigenvalue weighted by atomic mass is 9.97. The van der Waals surface area contributed by atoms with Gasteiger partial charge in [0.25, 0.3) is 0 Å². The van der Waals surface area contributed by atoms with Crippen LogP contribution in [0.25, 0.3) is 11.1 Å². The fourth-order valence-electron chi connectivity index (χ4n) is 4.38. The van der Waals surface area contributed by atoms with Gasteiger partial charge in [-0.05, 0) is 62.1 Å². The molecule has 2 aromatic carbocycles. The molecule has 0 aliphatic carbocycles. The van der Waals surface area contributed by atoms with Crippen molar-refractivity contribution in [1.82, 2.24) is 14.8 Å². The zero-order chi connectivity index (χ0) is 30.2. The van der Waals surface area contributed by atoms with E-state index in [-0.39, 0.29) is 11.7 Å². The van der Waals surface area contributed by atoms with E-state index in [1.807, 2.05) is 67.1 Å². The van der Waals surface area contributed by atoms with Gasteiger partial charge < -0.3 is 19.4 Å². The predicted octanol–water partition coefficient (Wildman–Crippen LogP) is 7.30. The molecule has 0 unspecified atom stereocenters. The van der Waals surface area contributed by atoms with Crippen LogP contribution in [0.2, 0.25) is 5.02 Å². The van der Waals surface area contributed by atoms with E-state index < -0.39 is 5.97 Å². The standard InChI is InChI=1S/C31H33ClN4O4S2/c1-6-13-36-26(8-7-14-40-25-12-11-22(32)16-21(25)4)34-35-31(36)42-18-27(37)33-29-28(30(38)39-5)24(17-41-29)23-15-19(2)9-10-20(23)3/h6,9-12,15-17H,1,7-8,13-14,18H2,2-5H3,(H,33,37). The smallest absolute Gasteiger partial charge is 0.341 e. The number of thiophene rings is 1. The molecular weight excluding hydrogens is 592 g/mol. The number of allylic oxidation sites excluding steroid dienone is 1. The number of thioether (sulfide) groups is 1. The summed E-state index contributed by atoms with van der Waals surface area (Å²) in [6.45, 7) is 10.8. The number of aromatic nitrogens is 3. The summed E-state index contributed by atoms with van der Waals surface area (Å²) in [4.78, 5) is 25.8. The number of amides is 1. The number of nitrogens with one attached hydrogen (secondary N) is 1. The second-order valence-electron chi connectivity index (χ2n) is 9.66. The minimum absolute atomic E-state index is 0.0888. The lowest BCUT2D eigenvalue weighted by molar-refractivity contribution is -0.113. The number of benzene rings is 2. The van der Waals surface area contributed by atoms with Crippen LogP contribution in [0.15, 0.2) is 59.6 Å². The Bertz CT molecular complexity index is 1600. The van der Waals surface area contributed by atoms with Crippen LogP contribution in [-0.4, -0.2) is 46.1 Å². The van der Waals surface area contributed by atoms with Gasteiger partial charge in [0.2, 0.25) is 5.91 Å². The number of aryl methyl sites for hydroxylation is 4. The van der Waals surface area contributed by atoms with Crippen molar-refractivity contribution >= 4 is 51.6 Å². The number of carbonyl (C=O) groups excluding carboxylic acids is 2. The molecule has 0 spiro atoms. The van der Waals surface area contributed by atoms with E-state index in [0.29, 0.717) is 40.3 Å². The van der Waals surface area contributed by atoms with Gasteiger partial charge in [0.15, 0.2) is 5.16 Å². The molecule has 0 saturated carbocycles. The number of nitrogens with zero attached hydrogens (tertiary/aromatic N) is 3. The number of rotatable bonds is 13. The van der Waals surface area contributed by atoms with Crippen molar-refractivity contribution in [3.05, 3.63) is 87.5 Å². The fraction of sp³-hybridized carbons (Fsp3) is 0.290. The summed E-state index contributed by atoms with van der Waals surface area (Å²) in [6, 6.07) is 11.6. The summed E-state index contributed by atoms with van der Waals surface area (Å²) >= 11 is 8.60. The number of ether oxygens (including phenoxy) is 2. The third-order valence-electron chi connectivity index (χ3n) is 6.49. The molecular formula is C31H33ClN4O4S2. The van der Waals surface area contributed by atoms with Crippen molar-refractivity contribution in [2.24, 2.45) is 0 Å². The van der Waals surface area contributed by atoms with E-state index in [4.69, 9.17) is 21.1 Å². The Balaban J connectivity index is 1.40. The maximum absolute atomic E-state index is 13.0. The highest BCUT2D eigenvalue weighted by Gasteiger charge is 2.24. The van der Waals surface area contributed by atoms with E-state index in [2.05, 4.69) is 22.1 Å². The summed E-state index contributed by atoms with van der Waals surface area (Å²) in [5.74, 6) is 0.919. The number of esters is 1. The van der Waals surface area contributed by atoms with Crippen LogP contribution in [0, 0.1) is 20.8 Å². The Morgan fingerprint density at radius 2 is 1.93 bits per heavy atom. The monoisotopic (exact) mass is 624 g/mol. The first-order valence-electron chi connectivity index (χ1n) is 13.3. The highest BCUT2D eigenvalue weighted by molar-refractivity contribution is 7.99. The van der Waals surface area contributed by atoms with Gasteiger partial charge in [0.1, 0.15) is 22.1 Å². The number of anilines is 1. The highest BCUT2D eigenvalue weighted by atomic mass is 35.5. The van der Waals surface area contributed by atoms with Crippen LogP contribution < -0.4 is 10.1 Å². The molecule has 4 aromatic rings. The number of halogens is 1. The van der Waals surface area contributed by atoms with Crippen molar-refractivity contribution in [3.8, 4) is 16.9 Å². The van der Waals surface area contributed by atoms with Crippen LogP contribution in [0.5, 0.6) is 5.75 Å². The molecule has 0 fully saturated rings. The molecule has 1 amide bonds. The van der Waals surface area contributed by atoms with Gasteiger partial charge in [-0.3, -0.25) is 4.79 Å². The van der Waals surface area contributed by atoms with Crippen molar-refractivity contribution in [1.29, 1.82) is 0 Å². The van der Waals surface area contributed by atoms with Gasteiger partial charge in [-0.25, -0.2) is 4.79 Å². The maximum Gasteiger partial charge on any atom is 0.341 e. The second-order valence-corrected chi connectivity index (χ2v) is 11.9. The average molecular weight is 625 g/mol. The van der Waals surface area contributed by atoms with Gasteiger partial charge in [0.05, 0.1) is 19.5 Å². The minimum atomic E-state index is -0.499. The first-order chi connectivity index (χ1) is 20.2. The van der Waals surface area contributed by atoms with E-state index in [1.54, 1.807) is 6.08 Å². The molecule has 0 atom stereocenters. The predicted molar refractivity (Wildman–Crippen MR) is 170 cm³/mol. The molecule has 0 saturated heterocycles. The molecule has 4 rings (SSSR count). The largest absolute Gasteiger partial charge is 0.493 e. The first-order valence-corrected chi connectivity index (χ1v) is 15.6. The van der Waals surface area contributed by atoms with Crippen molar-refractivity contribution in [2.45, 2.75) is 45.3 Å². The van der Waals surface area contributed by atoms with Crippen molar-refractivity contribution < 1.29 is 19.1 Å². The minimum Gasteiger partial charge on any atom is -0.493 e. The normalized spacial score (nSPS) is 10.9. The molecule has 8 nitrogen and oxygen atoms in total. The van der Waals surface area contributed by atoms with Crippen LogP contribution in [0.1, 0.15) is 39.3 Å². The van der Waals surface area contributed by atoms with Gasteiger partial charge in [-0.1, -0.05) is 53.2 Å². The summed E-state index contributed by atoms with van der Waals surface area (Å²) in [6.07, 6.45) is 3.16. The Labute approximate surface area is 259 Å². The van der Waals surface area contributed by atoms with Gasteiger partial charge in [-0.15, -0.1) is 28.1 Å². The Kier molecular flexibility index (Phi) is 10.8. The lowest BCUT2D eigenvalue weighted by Crippen LogP contribution is -2.16. The van der Waals surface area contributed by atoms with Crippen LogP contribution in [0.3, 0.4) is 0 Å². The van der Waals surface area contributed by atoms with Gasteiger partial charge >= 0.3 is 5.97 Å². The van der Waals surface area contributed by atoms with E-state index in [0.717, 1.165) is 45.8 Å².